The molecule has 3 N–H and O–H groups in total. The van der Waals surface area contributed by atoms with E-state index in [1.165, 1.54) is 17.2 Å². The monoisotopic (exact) mass is 536 g/mol. The molecule has 186 valence electrons. The van der Waals surface area contributed by atoms with Gasteiger partial charge >= 0.3 is 0 Å². The smallest absolute Gasteiger partial charge is 0.252 e. The average molecular weight is 537 g/mol. The van der Waals surface area contributed by atoms with Gasteiger partial charge in [0.25, 0.3) is 5.56 Å². The second kappa shape index (κ2) is 8.82. The predicted molar refractivity (Wildman–Crippen MR) is 138 cm³/mol. The third-order valence-corrected chi connectivity index (χ3v) is 7.26. The molecule has 5 aromatic rings. The number of rotatable bonds is 4. The standard InChI is InChI=1S/C25H19Cl2FN8O/c1-12-6-15-7-13(17-9-14(26)2-5-20(17)35-11-31-33-34-35)8-21(37)36(15)24(12)25-30-10-19(32-25)16-3-4-18(29)22(27)23(16)28/h2-5,7-12,24H,6,29H2,1H3,(H,30,32)/t12-,24-/m0/s1. The van der Waals surface area contributed by atoms with E-state index in [0.717, 1.165) is 11.3 Å². The molecule has 1 aliphatic rings. The summed E-state index contributed by atoms with van der Waals surface area (Å²) in [7, 11) is 0. The average Bonchev–Trinajstić information content (AvgIpc) is 3.62. The first-order valence-electron chi connectivity index (χ1n) is 11.4. The number of aromatic nitrogens is 7. The molecular weight excluding hydrogens is 518 g/mol. The molecule has 2 aromatic carbocycles. The Labute approximate surface area is 219 Å². The van der Waals surface area contributed by atoms with Crippen LogP contribution < -0.4 is 11.3 Å². The van der Waals surface area contributed by atoms with Crippen LogP contribution in [0.4, 0.5) is 10.1 Å². The number of tetrazole rings is 1. The van der Waals surface area contributed by atoms with Crippen LogP contribution in [0.3, 0.4) is 0 Å². The van der Waals surface area contributed by atoms with Crippen LogP contribution in [0.25, 0.3) is 28.1 Å². The van der Waals surface area contributed by atoms with Crippen molar-refractivity contribution >= 4 is 28.9 Å². The minimum Gasteiger partial charge on any atom is -0.397 e. The summed E-state index contributed by atoms with van der Waals surface area (Å²) in [6.07, 6.45) is 3.66. The van der Waals surface area contributed by atoms with Crippen LogP contribution in [-0.2, 0) is 6.42 Å². The number of anilines is 1. The van der Waals surface area contributed by atoms with Crippen molar-refractivity contribution in [2.75, 3.05) is 5.73 Å². The highest BCUT2D eigenvalue weighted by Crippen LogP contribution is 2.38. The van der Waals surface area contributed by atoms with Crippen molar-refractivity contribution in [1.82, 2.24) is 34.7 Å². The van der Waals surface area contributed by atoms with Gasteiger partial charge in [0.1, 0.15) is 12.2 Å². The van der Waals surface area contributed by atoms with Crippen LogP contribution in [-0.4, -0.2) is 34.7 Å². The Balaban J connectivity index is 1.42. The molecule has 1 aliphatic heterocycles. The number of nitrogens with zero attached hydrogens (tertiary/aromatic N) is 6. The summed E-state index contributed by atoms with van der Waals surface area (Å²) in [5.41, 5.74) is 9.35. The number of halogens is 3. The molecule has 0 fully saturated rings. The first-order valence-corrected chi connectivity index (χ1v) is 12.1. The SMILES string of the molecule is C[C@H]1Cc2cc(-c3cc(Cl)ccc3-n3cnnn3)cc(=O)n2[C@@H]1c1ncc(-c2ccc(N)c(Cl)c2F)[nH]1. The number of fused-ring (bicyclic) bond motifs is 1. The fraction of sp³-hybridized carbons (Fsp3) is 0.160. The Morgan fingerprint density at radius 2 is 1.97 bits per heavy atom. The van der Waals surface area contributed by atoms with Crippen molar-refractivity contribution in [3.8, 4) is 28.1 Å². The molecule has 0 radical (unpaired) electrons. The summed E-state index contributed by atoms with van der Waals surface area (Å²) in [6.45, 7) is 2.05. The Bertz CT molecular complexity index is 1710. The van der Waals surface area contributed by atoms with E-state index in [1.54, 1.807) is 41.0 Å². The van der Waals surface area contributed by atoms with E-state index in [2.05, 4.69) is 25.5 Å². The van der Waals surface area contributed by atoms with E-state index < -0.39 is 5.82 Å². The van der Waals surface area contributed by atoms with Gasteiger partial charge in [-0.3, -0.25) is 4.79 Å². The van der Waals surface area contributed by atoms with Crippen molar-refractivity contribution in [2.45, 2.75) is 19.4 Å². The largest absolute Gasteiger partial charge is 0.397 e. The lowest BCUT2D eigenvalue weighted by Gasteiger charge is -2.17. The summed E-state index contributed by atoms with van der Waals surface area (Å²) >= 11 is 12.3. The zero-order valence-corrected chi connectivity index (χ0v) is 20.9. The van der Waals surface area contributed by atoms with E-state index in [9.17, 15) is 9.18 Å². The van der Waals surface area contributed by atoms with Gasteiger partial charge in [-0.15, -0.1) is 5.10 Å². The number of hydrogen-bond donors (Lipinski definition) is 2. The second-order valence-corrected chi connectivity index (χ2v) is 9.81. The summed E-state index contributed by atoms with van der Waals surface area (Å²) < 4.78 is 18.0. The molecule has 0 bridgehead atoms. The molecule has 3 aromatic heterocycles. The van der Waals surface area contributed by atoms with Crippen molar-refractivity contribution < 1.29 is 4.39 Å². The van der Waals surface area contributed by atoms with Crippen LogP contribution in [0.5, 0.6) is 0 Å². The number of H-pyrrole nitrogens is 1. The summed E-state index contributed by atoms with van der Waals surface area (Å²) in [5, 5.41) is 11.8. The number of pyridine rings is 1. The molecule has 9 nitrogen and oxygen atoms in total. The number of imidazole rings is 1. The van der Waals surface area contributed by atoms with Gasteiger partial charge < -0.3 is 15.3 Å². The van der Waals surface area contributed by atoms with E-state index in [0.29, 0.717) is 34.2 Å². The Hall–Kier alpha value is -4.02. The molecule has 37 heavy (non-hydrogen) atoms. The van der Waals surface area contributed by atoms with E-state index >= 15 is 0 Å². The number of nitrogen functional groups attached to an aromatic ring is 1. The predicted octanol–water partition coefficient (Wildman–Crippen LogP) is 4.69. The lowest BCUT2D eigenvalue weighted by Crippen LogP contribution is -2.25. The van der Waals surface area contributed by atoms with Crippen molar-refractivity contribution in [2.24, 2.45) is 5.92 Å². The maximum atomic E-state index is 14.7. The van der Waals surface area contributed by atoms with Gasteiger partial charge in [-0.05, 0) is 64.7 Å². The van der Waals surface area contributed by atoms with Gasteiger partial charge in [0.15, 0.2) is 5.82 Å². The number of benzene rings is 2. The highest BCUT2D eigenvalue weighted by Gasteiger charge is 2.34. The Kier molecular flexibility index (Phi) is 5.58. The molecule has 0 unspecified atom stereocenters. The maximum absolute atomic E-state index is 14.7. The Morgan fingerprint density at radius 3 is 2.76 bits per heavy atom. The van der Waals surface area contributed by atoms with Crippen LogP contribution in [0.2, 0.25) is 10.0 Å². The number of nitrogens with two attached hydrogens (primary N) is 1. The molecule has 0 saturated heterocycles. The summed E-state index contributed by atoms with van der Waals surface area (Å²) in [5.74, 6) is -0.0146. The molecule has 0 amide bonds. The molecule has 0 spiro atoms. The third kappa shape index (κ3) is 3.89. The maximum Gasteiger partial charge on any atom is 0.252 e. The fourth-order valence-corrected chi connectivity index (χ4v) is 5.30. The zero-order valence-electron chi connectivity index (χ0n) is 19.4. The molecular formula is C25H19Cl2FN8O. The minimum atomic E-state index is -0.626. The van der Waals surface area contributed by atoms with Crippen LogP contribution >= 0.6 is 23.2 Å². The first-order chi connectivity index (χ1) is 17.8. The van der Waals surface area contributed by atoms with Gasteiger partial charge in [0.05, 0.1) is 34.3 Å². The highest BCUT2D eigenvalue weighted by molar-refractivity contribution is 6.33. The van der Waals surface area contributed by atoms with Gasteiger partial charge in [-0.25, -0.2) is 9.37 Å². The van der Waals surface area contributed by atoms with E-state index in [4.69, 9.17) is 28.9 Å². The van der Waals surface area contributed by atoms with Gasteiger partial charge in [0.2, 0.25) is 0 Å². The van der Waals surface area contributed by atoms with E-state index in [1.807, 2.05) is 13.0 Å². The molecule has 0 saturated carbocycles. The zero-order chi connectivity index (χ0) is 25.8. The molecule has 6 rings (SSSR count). The van der Waals surface area contributed by atoms with Crippen LogP contribution in [0.15, 0.2) is 59.8 Å². The third-order valence-electron chi connectivity index (χ3n) is 6.64. The van der Waals surface area contributed by atoms with Gasteiger partial charge in [0, 0.05) is 27.9 Å². The van der Waals surface area contributed by atoms with E-state index in [-0.39, 0.29) is 33.8 Å². The number of hydrogen-bond acceptors (Lipinski definition) is 6. The first kappa shape index (κ1) is 23.4. The highest BCUT2D eigenvalue weighted by atomic mass is 35.5. The summed E-state index contributed by atoms with van der Waals surface area (Å²) in [4.78, 5) is 21.2. The van der Waals surface area contributed by atoms with Crippen LogP contribution in [0, 0.1) is 11.7 Å². The van der Waals surface area contributed by atoms with Crippen molar-refractivity contribution in [3.05, 3.63) is 92.7 Å². The number of nitrogens with one attached hydrogen (secondary N) is 1. The quantitative estimate of drug-likeness (QED) is 0.321. The summed E-state index contributed by atoms with van der Waals surface area (Å²) in [6, 6.07) is 11.6. The van der Waals surface area contributed by atoms with Gasteiger partial charge in [-0.1, -0.05) is 30.1 Å². The topological polar surface area (TPSA) is 120 Å². The normalized spacial score (nSPS) is 16.8. The Morgan fingerprint density at radius 1 is 1.14 bits per heavy atom. The second-order valence-electron chi connectivity index (χ2n) is 9.00. The van der Waals surface area contributed by atoms with Crippen molar-refractivity contribution in [1.29, 1.82) is 0 Å². The van der Waals surface area contributed by atoms with Gasteiger partial charge in [-0.2, -0.15) is 4.68 Å². The van der Waals surface area contributed by atoms with Crippen molar-refractivity contribution in [3.63, 3.8) is 0 Å². The lowest BCUT2D eigenvalue weighted by atomic mass is 10.0. The molecule has 12 heteroatoms. The molecule has 4 heterocycles. The fourth-order valence-electron chi connectivity index (χ4n) is 4.96. The molecule has 2 atom stereocenters. The minimum absolute atomic E-state index is 0.0557. The number of aromatic amines is 1. The lowest BCUT2D eigenvalue weighted by molar-refractivity contribution is 0.450. The molecule has 0 aliphatic carbocycles. The van der Waals surface area contributed by atoms with Crippen LogP contribution in [0.1, 0.15) is 24.5 Å².